The van der Waals surface area contributed by atoms with E-state index in [-0.39, 0.29) is 6.61 Å². The number of hydrogen-bond acceptors (Lipinski definition) is 4. The molecule has 3 N–H and O–H groups in total. The Hall–Kier alpha value is -1.50. The normalized spacial score (nSPS) is 10.6. The molecule has 0 fully saturated rings. The molecular weight excluding hydrogens is 263 g/mol. The molecule has 0 heterocycles. The number of unbranched alkanes of at least 4 members (excludes halogenated alkanes) is 1. The smallest absolute Gasteiger partial charge is 0.265 e. The number of hydrogen-bond donors (Lipinski definition) is 2. The molecule has 6 heteroatoms. The number of hydrazine groups is 1. The maximum absolute atomic E-state index is 13.5. The third-order valence-electron chi connectivity index (χ3n) is 2.71. The number of benzene rings is 1. The number of nitrogens with two attached hydrogens (primary N) is 1. The van der Waals surface area contributed by atoms with E-state index in [1.54, 1.807) is 0 Å². The molecule has 0 aliphatic heterocycles. The van der Waals surface area contributed by atoms with Crippen molar-refractivity contribution in [3.8, 4) is 0 Å². The first-order chi connectivity index (χ1) is 9.69. The van der Waals surface area contributed by atoms with Gasteiger partial charge >= 0.3 is 0 Å². The van der Waals surface area contributed by atoms with Crippen molar-refractivity contribution < 1.29 is 18.7 Å². The Morgan fingerprint density at radius 2 is 2.05 bits per heavy atom. The average Bonchev–Trinajstić information content (AvgIpc) is 2.47. The molecule has 20 heavy (non-hydrogen) atoms. The van der Waals surface area contributed by atoms with Crippen LogP contribution in [0, 0.1) is 5.82 Å². The van der Waals surface area contributed by atoms with Crippen LogP contribution in [0.25, 0.3) is 0 Å². The summed E-state index contributed by atoms with van der Waals surface area (Å²) >= 11 is 0. The van der Waals surface area contributed by atoms with E-state index in [1.807, 2.05) is 5.43 Å². The molecular formula is C14H21FN2O3. The fourth-order valence-corrected chi connectivity index (χ4v) is 1.56. The van der Waals surface area contributed by atoms with Gasteiger partial charge in [0, 0.05) is 17.7 Å². The van der Waals surface area contributed by atoms with E-state index >= 15 is 0 Å². The maximum Gasteiger partial charge on any atom is 0.265 e. The van der Waals surface area contributed by atoms with Gasteiger partial charge in [0.15, 0.2) is 0 Å². The highest BCUT2D eigenvalue weighted by Crippen LogP contribution is 2.12. The summed E-state index contributed by atoms with van der Waals surface area (Å²) in [4.78, 5) is 11.3. The fraction of sp³-hybridized carbons (Fsp3) is 0.500. The minimum Gasteiger partial charge on any atom is -0.379 e. The van der Waals surface area contributed by atoms with Crippen molar-refractivity contribution in [3.63, 3.8) is 0 Å². The minimum atomic E-state index is -0.464. The lowest BCUT2D eigenvalue weighted by Gasteiger charge is -2.08. The highest BCUT2D eigenvalue weighted by molar-refractivity contribution is 5.93. The van der Waals surface area contributed by atoms with Gasteiger partial charge in [-0.3, -0.25) is 10.2 Å². The first-order valence-electron chi connectivity index (χ1n) is 6.64. The third-order valence-corrected chi connectivity index (χ3v) is 2.71. The largest absolute Gasteiger partial charge is 0.379 e. The number of carbonyl (C=O) groups is 1. The molecule has 1 aromatic rings. The van der Waals surface area contributed by atoms with Crippen molar-refractivity contribution in [2.45, 2.75) is 26.4 Å². The number of rotatable bonds is 9. The second kappa shape index (κ2) is 9.41. The summed E-state index contributed by atoms with van der Waals surface area (Å²) in [6, 6.07) is 4.02. The molecule has 1 rings (SSSR count). The van der Waals surface area contributed by atoms with Crippen LogP contribution in [0.1, 0.15) is 35.7 Å². The molecule has 1 amide bonds. The summed E-state index contributed by atoms with van der Waals surface area (Å²) < 4.78 is 24.2. The van der Waals surface area contributed by atoms with Gasteiger partial charge in [-0.2, -0.15) is 0 Å². The number of nitrogens with one attached hydrogen (secondary N) is 1. The molecule has 1 aromatic carbocycles. The number of carbonyl (C=O) groups excluding carboxylic acids is 1. The summed E-state index contributed by atoms with van der Waals surface area (Å²) in [5.74, 6) is 4.16. The van der Waals surface area contributed by atoms with Gasteiger partial charge in [-0.25, -0.2) is 10.2 Å². The Bertz CT molecular complexity index is 427. The Kier molecular flexibility index (Phi) is 7.79. The quantitative estimate of drug-likeness (QED) is 0.314. The molecule has 0 aliphatic carbocycles. The topological polar surface area (TPSA) is 73.6 Å². The summed E-state index contributed by atoms with van der Waals surface area (Å²) in [7, 11) is 0. The van der Waals surface area contributed by atoms with Crippen molar-refractivity contribution in [1.29, 1.82) is 0 Å². The minimum absolute atomic E-state index is 0.0919. The van der Waals surface area contributed by atoms with E-state index in [9.17, 15) is 9.18 Å². The van der Waals surface area contributed by atoms with Crippen molar-refractivity contribution in [2.24, 2.45) is 5.84 Å². The van der Waals surface area contributed by atoms with Crippen LogP contribution in [-0.4, -0.2) is 25.7 Å². The number of amides is 1. The van der Waals surface area contributed by atoms with Gasteiger partial charge in [0.05, 0.1) is 19.8 Å². The van der Waals surface area contributed by atoms with Crippen LogP contribution >= 0.6 is 0 Å². The zero-order valence-corrected chi connectivity index (χ0v) is 11.7. The van der Waals surface area contributed by atoms with Crippen molar-refractivity contribution in [1.82, 2.24) is 5.43 Å². The molecule has 0 aliphatic rings. The van der Waals surface area contributed by atoms with Gasteiger partial charge in [0.2, 0.25) is 0 Å². The predicted molar refractivity (Wildman–Crippen MR) is 73.4 cm³/mol. The second-order valence-electron chi connectivity index (χ2n) is 4.30. The van der Waals surface area contributed by atoms with Crippen molar-refractivity contribution >= 4 is 5.91 Å². The summed E-state index contributed by atoms with van der Waals surface area (Å²) in [5.41, 5.74) is 2.62. The lowest BCUT2D eigenvalue weighted by Crippen LogP contribution is -2.30. The van der Waals surface area contributed by atoms with Crippen LogP contribution < -0.4 is 11.3 Å². The van der Waals surface area contributed by atoms with E-state index in [0.717, 1.165) is 12.8 Å². The van der Waals surface area contributed by atoms with Crippen molar-refractivity contribution in [3.05, 3.63) is 35.1 Å². The molecule has 5 nitrogen and oxygen atoms in total. The van der Waals surface area contributed by atoms with Gasteiger partial charge in [0.1, 0.15) is 5.82 Å². The van der Waals surface area contributed by atoms with E-state index in [1.165, 1.54) is 18.2 Å². The number of halogens is 1. The zero-order chi connectivity index (χ0) is 14.8. The molecule has 0 unspecified atom stereocenters. The Morgan fingerprint density at radius 3 is 2.75 bits per heavy atom. The monoisotopic (exact) mass is 284 g/mol. The highest BCUT2D eigenvalue weighted by atomic mass is 19.1. The SMILES string of the molecule is CCCCOCCOCc1cc(C(=O)NN)ccc1F. The summed E-state index contributed by atoms with van der Waals surface area (Å²) in [6.07, 6.45) is 2.10. The van der Waals surface area contributed by atoms with Gasteiger partial charge in [-0.15, -0.1) is 0 Å². The Labute approximate surface area is 118 Å². The first-order valence-corrected chi connectivity index (χ1v) is 6.64. The van der Waals surface area contributed by atoms with E-state index in [0.29, 0.717) is 30.9 Å². The van der Waals surface area contributed by atoms with Crippen LogP contribution in [0.15, 0.2) is 18.2 Å². The van der Waals surface area contributed by atoms with Crippen LogP contribution in [0.3, 0.4) is 0 Å². The van der Waals surface area contributed by atoms with Crippen LogP contribution in [0.2, 0.25) is 0 Å². The van der Waals surface area contributed by atoms with E-state index in [2.05, 4.69) is 6.92 Å². The zero-order valence-electron chi connectivity index (χ0n) is 11.7. The maximum atomic E-state index is 13.5. The Balaban J connectivity index is 2.37. The van der Waals surface area contributed by atoms with Gasteiger partial charge < -0.3 is 9.47 Å². The molecule has 0 atom stereocenters. The van der Waals surface area contributed by atoms with Gasteiger partial charge in [-0.1, -0.05) is 13.3 Å². The second-order valence-corrected chi connectivity index (χ2v) is 4.30. The number of nitrogen functional groups attached to an aromatic ring is 1. The predicted octanol–water partition coefficient (Wildman–Crippen LogP) is 1.76. The molecule has 0 saturated heterocycles. The molecule has 112 valence electrons. The Morgan fingerprint density at radius 1 is 1.30 bits per heavy atom. The standard InChI is InChI=1S/C14H21FN2O3/c1-2-3-6-19-7-8-20-10-12-9-11(14(18)17-16)4-5-13(12)15/h4-5,9H,2-3,6-8,10,16H2,1H3,(H,17,18). The summed E-state index contributed by atoms with van der Waals surface area (Å²) in [5, 5.41) is 0. The van der Waals surface area contributed by atoms with Gasteiger partial charge in [-0.05, 0) is 24.6 Å². The van der Waals surface area contributed by atoms with E-state index in [4.69, 9.17) is 15.3 Å². The number of ether oxygens (including phenoxy) is 2. The van der Waals surface area contributed by atoms with E-state index < -0.39 is 11.7 Å². The molecule has 0 spiro atoms. The lowest BCUT2D eigenvalue weighted by atomic mass is 10.1. The fourth-order valence-electron chi connectivity index (χ4n) is 1.56. The average molecular weight is 284 g/mol. The highest BCUT2D eigenvalue weighted by Gasteiger charge is 2.08. The van der Waals surface area contributed by atoms with Crippen LogP contribution in [-0.2, 0) is 16.1 Å². The van der Waals surface area contributed by atoms with Gasteiger partial charge in [0.25, 0.3) is 5.91 Å². The molecule has 0 bridgehead atoms. The lowest BCUT2D eigenvalue weighted by molar-refractivity contribution is 0.0387. The summed E-state index contributed by atoms with van der Waals surface area (Å²) in [6.45, 7) is 3.75. The van der Waals surface area contributed by atoms with Crippen molar-refractivity contribution in [2.75, 3.05) is 19.8 Å². The van der Waals surface area contributed by atoms with Crippen LogP contribution in [0.5, 0.6) is 0 Å². The molecule has 0 aromatic heterocycles. The first kappa shape index (κ1) is 16.6. The van der Waals surface area contributed by atoms with Crippen LogP contribution in [0.4, 0.5) is 4.39 Å². The third kappa shape index (κ3) is 5.64. The molecule has 0 radical (unpaired) electrons. The molecule has 0 saturated carbocycles.